The van der Waals surface area contributed by atoms with Crippen molar-refractivity contribution in [2.45, 2.75) is 0 Å². The molecule has 15 heavy (non-hydrogen) atoms. The zero-order valence-corrected chi connectivity index (χ0v) is 9.01. The lowest BCUT2D eigenvalue weighted by atomic mass is 10.3. The number of nitrogens with zero attached hydrogens (tertiary/aromatic N) is 1. The monoisotopic (exact) mass is 246 g/mol. The van der Waals surface area contributed by atoms with E-state index in [-0.39, 0.29) is 5.96 Å². The van der Waals surface area contributed by atoms with E-state index in [0.29, 0.717) is 22.1 Å². The van der Waals surface area contributed by atoms with Crippen LogP contribution in [-0.4, -0.2) is 12.4 Å². The summed E-state index contributed by atoms with van der Waals surface area (Å²) in [4.78, 5) is 13.9. The van der Waals surface area contributed by atoms with Crippen LogP contribution >= 0.6 is 23.2 Å². The average molecular weight is 247 g/mol. The van der Waals surface area contributed by atoms with Crippen molar-refractivity contribution in [1.82, 2.24) is 10.9 Å². The van der Waals surface area contributed by atoms with Crippen molar-refractivity contribution >= 4 is 41.3 Å². The quantitative estimate of drug-likeness (QED) is 0.325. The van der Waals surface area contributed by atoms with Gasteiger partial charge in [0.25, 0.3) is 0 Å². The predicted octanol–water partition coefficient (Wildman–Crippen LogP) is 1.19. The molecule has 0 atom stereocenters. The highest BCUT2D eigenvalue weighted by Crippen LogP contribution is 2.32. The van der Waals surface area contributed by atoms with Gasteiger partial charge in [-0.05, 0) is 12.1 Å². The van der Waals surface area contributed by atoms with Crippen LogP contribution in [-0.2, 0) is 4.79 Å². The number of aliphatic imine (C=N–C) groups is 1. The number of nitrogens with two attached hydrogens (primary N) is 1. The van der Waals surface area contributed by atoms with Crippen molar-refractivity contribution in [3.63, 3.8) is 0 Å². The smallest absolute Gasteiger partial charge is 0.225 e. The molecule has 0 spiro atoms. The number of nitrogens with one attached hydrogen (secondary N) is 2. The topological polar surface area (TPSA) is 79.5 Å². The number of hydrogen-bond acceptors (Lipinski definition) is 2. The summed E-state index contributed by atoms with van der Waals surface area (Å²) in [5.41, 5.74) is 10.2. The van der Waals surface area contributed by atoms with Crippen LogP contribution in [0.2, 0.25) is 10.0 Å². The summed E-state index contributed by atoms with van der Waals surface area (Å²) in [6.45, 7) is 0. The summed E-state index contributed by atoms with van der Waals surface area (Å²) in [5.74, 6) is -0.0166. The lowest BCUT2D eigenvalue weighted by molar-refractivity contribution is -0.110. The molecule has 0 radical (unpaired) electrons. The Bertz CT molecular complexity index is 374. The first-order valence-electron chi connectivity index (χ1n) is 3.88. The summed E-state index contributed by atoms with van der Waals surface area (Å²) in [5, 5.41) is 0.747. The second kappa shape index (κ2) is 5.43. The van der Waals surface area contributed by atoms with E-state index in [1.54, 1.807) is 18.2 Å². The zero-order chi connectivity index (χ0) is 11.3. The van der Waals surface area contributed by atoms with Gasteiger partial charge in [0, 0.05) is 0 Å². The third-order valence-electron chi connectivity index (χ3n) is 1.43. The molecule has 0 aliphatic heterocycles. The van der Waals surface area contributed by atoms with Gasteiger partial charge in [0.1, 0.15) is 5.69 Å². The Morgan fingerprint density at radius 2 is 2.00 bits per heavy atom. The van der Waals surface area contributed by atoms with Gasteiger partial charge in [0.2, 0.25) is 12.4 Å². The molecular weight excluding hydrogens is 239 g/mol. The van der Waals surface area contributed by atoms with Gasteiger partial charge >= 0.3 is 0 Å². The molecule has 1 amide bonds. The number of rotatable bonds is 3. The normalized spacial score (nSPS) is 10.9. The van der Waals surface area contributed by atoms with Crippen molar-refractivity contribution in [2.75, 3.05) is 0 Å². The number of hydrazine groups is 1. The van der Waals surface area contributed by atoms with E-state index in [4.69, 9.17) is 28.9 Å². The minimum absolute atomic E-state index is 0.0166. The molecule has 0 saturated heterocycles. The number of carbonyl (C=O) groups is 1. The molecule has 0 heterocycles. The standard InChI is InChI=1S/C8H8Cl2N4O/c9-5-2-1-3-6(10)7(5)13-8(11)14-12-4-15/h1-4H,(H,12,15)(H3,11,13,14). The molecule has 1 aromatic rings. The van der Waals surface area contributed by atoms with Crippen LogP contribution in [0.15, 0.2) is 23.2 Å². The van der Waals surface area contributed by atoms with Crippen LogP contribution in [0.3, 0.4) is 0 Å². The van der Waals surface area contributed by atoms with E-state index in [1.807, 2.05) is 0 Å². The Balaban J connectivity index is 2.91. The van der Waals surface area contributed by atoms with Crippen molar-refractivity contribution in [3.8, 4) is 0 Å². The van der Waals surface area contributed by atoms with Gasteiger partial charge in [-0.3, -0.25) is 15.6 Å². The Hall–Kier alpha value is -1.46. The molecule has 4 N–H and O–H groups in total. The van der Waals surface area contributed by atoms with Crippen molar-refractivity contribution < 1.29 is 4.79 Å². The first-order valence-corrected chi connectivity index (χ1v) is 4.64. The molecule has 5 nitrogen and oxygen atoms in total. The van der Waals surface area contributed by atoms with Gasteiger partial charge < -0.3 is 5.73 Å². The van der Waals surface area contributed by atoms with Crippen LogP contribution in [0.5, 0.6) is 0 Å². The molecular formula is C8H8Cl2N4O. The van der Waals surface area contributed by atoms with E-state index in [0.717, 1.165) is 0 Å². The Kier molecular flexibility index (Phi) is 4.20. The average Bonchev–Trinajstić information content (AvgIpc) is 2.21. The van der Waals surface area contributed by atoms with Gasteiger partial charge in [-0.2, -0.15) is 0 Å². The highest BCUT2D eigenvalue weighted by Gasteiger charge is 2.04. The van der Waals surface area contributed by atoms with Crippen LogP contribution in [0, 0.1) is 0 Å². The van der Waals surface area contributed by atoms with Crippen molar-refractivity contribution in [3.05, 3.63) is 28.2 Å². The maximum Gasteiger partial charge on any atom is 0.225 e. The van der Waals surface area contributed by atoms with Crippen molar-refractivity contribution in [1.29, 1.82) is 0 Å². The second-order valence-electron chi connectivity index (χ2n) is 2.45. The Morgan fingerprint density at radius 1 is 1.40 bits per heavy atom. The minimum atomic E-state index is -0.0166. The molecule has 0 aromatic heterocycles. The van der Waals surface area contributed by atoms with Crippen LogP contribution in [0.25, 0.3) is 0 Å². The summed E-state index contributed by atoms with van der Waals surface area (Å²) < 4.78 is 0. The van der Waals surface area contributed by atoms with Gasteiger partial charge in [0.15, 0.2) is 0 Å². The van der Waals surface area contributed by atoms with E-state index in [1.165, 1.54) is 0 Å². The fourth-order valence-corrected chi connectivity index (χ4v) is 1.33. The zero-order valence-electron chi connectivity index (χ0n) is 7.50. The summed E-state index contributed by atoms with van der Waals surface area (Å²) in [7, 11) is 0. The number of guanidine groups is 1. The number of para-hydroxylation sites is 1. The molecule has 0 aliphatic rings. The van der Waals surface area contributed by atoms with Crippen LogP contribution in [0.4, 0.5) is 5.69 Å². The fourth-order valence-electron chi connectivity index (χ4n) is 0.848. The van der Waals surface area contributed by atoms with E-state index in [2.05, 4.69) is 15.8 Å². The molecule has 7 heteroatoms. The van der Waals surface area contributed by atoms with Gasteiger partial charge in [-0.1, -0.05) is 29.3 Å². The second-order valence-corrected chi connectivity index (χ2v) is 3.27. The molecule has 0 bridgehead atoms. The Morgan fingerprint density at radius 3 is 2.53 bits per heavy atom. The van der Waals surface area contributed by atoms with E-state index < -0.39 is 0 Å². The van der Waals surface area contributed by atoms with E-state index >= 15 is 0 Å². The maximum atomic E-state index is 9.96. The molecule has 0 fully saturated rings. The first-order chi connectivity index (χ1) is 7.15. The third-order valence-corrected chi connectivity index (χ3v) is 2.04. The third kappa shape index (κ3) is 3.30. The first kappa shape index (κ1) is 11.6. The highest BCUT2D eigenvalue weighted by atomic mass is 35.5. The molecule has 0 saturated carbocycles. The lowest BCUT2D eigenvalue weighted by Gasteiger charge is -2.04. The molecule has 0 unspecified atom stereocenters. The predicted molar refractivity (Wildman–Crippen MR) is 60.1 cm³/mol. The maximum absolute atomic E-state index is 9.96. The highest BCUT2D eigenvalue weighted by molar-refractivity contribution is 6.38. The number of benzene rings is 1. The van der Waals surface area contributed by atoms with Gasteiger partial charge in [0.05, 0.1) is 10.0 Å². The van der Waals surface area contributed by atoms with E-state index in [9.17, 15) is 4.79 Å². The Labute approximate surface area is 96.2 Å². The molecule has 0 aliphatic carbocycles. The number of carbonyl (C=O) groups excluding carboxylic acids is 1. The largest absolute Gasteiger partial charge is 0.368 e. The van der Waals surface area contributed by atoms with Crippen LogP contribution in [0.1, 0.15) is 0 Å². The molecule has 1 aromatic carbocycles. The lowest BCUT2D eigenvalue weighted by Crippen LogP contribution is -2.41. The number of amides is 1. The van der Waals surface area contributed by atoms with Gasteiger partial charge in [-0.25, -0.2) is 4.99 Å². The van der Waals surface area contributed by atoms with Gasteiger partial charge in [-0.15, -0.1) is 0 Å². The summed E-state index contributed by atoms with van der Waals surface area (Å²) >= 11 is 11.7. The van der Waals surface area contributed by atoms with Crippen molar-refractivity contribution in [2.24, 2.45) is 10.7 Å². The molecule has 80 valence electrons. The number of hydrogen-bond donors (Lipinski definition) is 3. The fraction of sp³-hybridized carbons (Fsp3) is 0. The molecule has 1 rings (SSSR count). The number of halogens is 2. The SMILES string of the molecule is NC(=Nc1c(Cl)cccc1Cl)NNC=O. The summed E-state index contributed by atoms with van der Waals surface area (Å²) in [6.07, 6.45) is 0.427. The summed E-state index contributed by atoms with van der Waals surface area (Å²) in [6, 6.07) is 4.95. The minimum Gasteiger partial charge on any atom is -0.368 e. The van der Waals surface area contributed by atoms with Crippen LogP contribution < -0.4 is 16.6 Å².